The van der Waals surface area contributed by atoms with Crippen LogP contribution >= 0.6 is 12.2 Å². The van der Waals surface area contributed by atoms with Crippen molar-refractivity contribution in [2.75, 3.05) is 20.3 Å². The van der Waals surface area contributed by atoms with E-state index in [1.54, 1.807) is 13.3 Å². The van der Waals surface area contributed by atoms with E-state index >= 15 is 0 Å². The Balaban J connectivity index is 2.54. The lowest BCUT2D eigenvalue weighted by atomic mass is 10.2. The summed E-state index contributed by atoms with van der Waals surface area (Å²) in [5.74, 6) is 1.47. The molecule has 0 fully saturated rings. The summed E-state index contributed by atoms with van der Waals surface area (Å²) < 4.78 is 11.2. The van der Waals surface area contributed by atoms with E-state index in [-0.39, 0.29) is 0 Å². The maximum atomic E-state index is 5.79. The number of hydrazone groups is 1. The third kappa shape index (κ3) is 7.83. The SMILES string of the molecule is CCCCCCOc1ccc(C=NNC(=S)NCC)cc1OC. The number of methoxy groups -OCH3 is 1. The van der Waals surface area contributed by atoms with Gasteiger partial charge in [0.25, 0.3) is 0 Å². The molecule has 0 radical (unpaired) electrons. The van der Waals surface area contributed by atoms with Gasteiger partial charge in [0.1, 0.15) is 0 Å². The number of hydrogen-bond donors (Lipinski definition) is 2. The fraction of sp³-hybridized carbons (Fsp3) is 0.529. The van der Waals surface area contributed by atoms with Crippen molar-refractivity contribution in [3.8, 4) is 11.5 Å². The summed E-state index contributed by atoms with van der Waals surface area (Å²) in [4.78, 5) is 0. The molecule has 0 heterocycles. The zero-order chi connectivity index (χ0) is 16.9. The van der Waals surface area contributed by atoms with Gasteiger partial charge in [-0.15, -0.1) is 0 Å². The zero-order valence-electron chi connectivity index (χ0n) is 14.2. The van der Waals surface area contributed by atoms with Crippen LogP contribution in [0.25, 0.3) is 0 Å². The lowest BCUT2D eigenvalue weighted by Gasteiger charge is -2.11. The van der Waals surface area contributed by atoms with Gasteiger partial charge >= 0.3 is 0 Å². The second-order valence-corrected chi connectivity index (χ2v) is 5.46. The number of nitrogens with one attached hydrogen (secondary N) is 2. The minimum absolute atomic E-state index is 0.503. The molecule has 0 aliphatic heterocycles. The molecule has 6 heteroatoms. The maximum Gasteiger partial charge on any atom is 0.186 e. The topological polar surface area (TPSA) is 54.9 Å². The van der Waals surface area contributed by atoms with E-state index in [1.807, 2.05) is 25.1 Å². The van der Waals surface area contributed by atoms with Crippen LogP contribution in [0.4, 0.5) is 0 Å². The molecular weight excluding hydrogens is 310 g/mol. The van der Waals surface area contributed by atoms with Gasteiger partial charge in [0.15, 0.2) is 16.6 Å². The van der Waals surface area contributed by atoms with Crippen molar-refractivity contribution in [2.24, 2.45) is 5.10 Å². The van der Waals surface area contributed by atoms with Crippen LogP contribution < -0.4 is 20.2 Å². The van der Waals surface area contributed by atoms with Crippen LogP contribution in [0, 0.1) is 0 Å². The molecule has 0 unspecified atom stereocenters. The molecule has 1 rings (SSSR count). The highest BCUT2D eigenvalue weighted by Crippen LogP contribution is 2.27. The van der Waals surface area contributed by atoms with Crippen LogP contribution in [0.15, 0.2) is 23.3 Å². The quantitative estimate of drug-likeness (QED) is 0.296. The lowest BCUT2D eigenvalue weighted by Crippen LogP contribution is -2.31. The molecule has 23 heavy (non-hydrogen) atoms. The average Bonchev–Trinajstić information content (AvgIpc) is 2.55. The van der Waals surface area contributed by atoms with Gasteiger partial charge in [-0.25, -0.2) is 0 Å². The Morgan fingerprint density at radius 2 is 2.04 bits per heavy atom. The van der Waals surface area contributed by atoms with Crippen molar-refractivity contribution in [3.05, 3.63) is 23.8 Å². The first kappa shape index (κ1) is 19.2. The molecule has 0 aliphatic rings. The molecular formula is C17H27N3O2S. The van der Waals surface area contributed by atoms with Crippen molar-refractivity contribution in [1.29, 1.82) is 0 Å². The van der Waals surface area contributed by atoms with E-state index in [0.717, 1.165) is 24.3 Å². The predicted molar refractivity (Wildman–Crippen MR) is 99.6 cm³/mol. The van der Waals surface area contributed by atoms with Crippen LogP contribution in [0.5, 0.6) is 11.5 Å². The number of hydrogen-bond acceptors (Lipinski definition) is 4. The highest BCUT2D eigenvalue weighted by molar-refractivity contribution is 7.80. The number of unbranched alkanes of at least 4 members (excludes halogenated alkanes) is 3. The summed E-state index contributed by atoms with van der Waals surface area (Å²) >= 11 is 5.04. The van der Waals surface area contributed by atoms with Gasteiger partial charge in [0.05, 0.1) is 19.9 Å². The van der Waals surface area contributed by atoms with Crippen molar-refractivity contribution in [3.63, 3.8) is 0 Å². The van der Waals surface area contributed by atoms with Gasteiger partial charge in [-0.2, -0.15) is 5.10 Å². The summed E-state index contributed by atoms with van der Waals surface area (Å²) in [5.41, 5.74) is 3.66. The molecule has 128 valence electrons. The van der Waals surface area contributed by atoms with E-state index in [9.17, 15) is 0 Å². The molecule has 0 aromatic heterocycles. The molecule has 0 bridgehead atoms. The number of ether oxygens (including phenoxy) is 2. The molecule has 1 aromatic rings. The summed E-state index contributed by atoms with van der Waals surface area (Å²) in [7, 11) is 1.64. The Bertz CT molecular complexity index is 507. The minimum atomic E-state index is 0.503. The van der Waals surface area contributed by atoms with Crippen LogP contribution in [-0.2, 0) is 0 Å². The predicted octanol–water partition coefficient (Wildman–Crippen LogP) is 3.47. The van der Waals surface area contributed by atoms with E-state index in [4.69, 9.17) is 21.7 Å². The highest BCUT2D eigenvalue weighted by Gasteiger charge is 2.05. The minimum Gasteiger partial charge on any atom is -0.493 e. The third-order valence-corrected chi connectivity index (χ3v) is 3.40. The molecule has 0 saturated carbocycles. The van der Waals surface area contributed by atoms with Crippen LogP contribution in [0.2, 0.25) is 0 Å². The monoisotopic (exact) mass is 337 g/mol. The first-order valence-electron chi connectivity index (χ1n) is 8.09. The third-order valence-electron chi connectivity index (χ3n) is 3.16. The van der Waals surface area contributed by atoms with Crippen molar-refractivity contribution < 1.29 is 9.47 Å². The summed E-state index contributed by atoms with van der Waals surface area (Å²) in [6, 6.07) is 5.73. The fourth-order valence-electron chi connectivity index (χ4n) is 1.96. The van der Waals surface area contributed by atoms with Gasteiger partial charge in [-0.3, -0.25) is 5.43 Å². The molecule has 2 N–H and O–H groups in total. The Kier molecular flexibility index (Phi) is 9.79. The van der Waals surface area contributed by atoms with E-state index < -0.39 is 0 Å². The Hall–Kier alpha value is -1.82. The fourth-order valence-corrected chi connectivity index (χ4v) is 2.16. The summed E-state index contributed by atoms with van der Waals surface area (Å²) in [5, 5.41) is 7.55. The molecule has 1 aromatic carbocycles. The van der Waals surface area contributed by atoms with Crippen LogP contribution in [-0.4, -0.2) is 31.6 Å². The van der Waals surface area contributed by atoms with Crippen molar-refractivity contribution >= 4 is 23.5 Å². The van der Waals surface area contributed by atoms with E-state index in [1.165, 1.54) is 19.3 Å². The summed E-state index contributed by atoms with van der Waals surface area (Å²) in [6.07, 6.45) is 6.42. The van der Waals surface area contributed by atoms with Crippen molar-refractivity contribution in [1.82, 2.24) is 10.7 Å². The number of thiocarbonyl (C=S) groups is 1. The smallest absolute Gasteiger partial charge is 0.186 e. The van der Waals surface area contributed by atoms with Gasteiger partial charge in [0.2, 0.25) is 0 Å². The van der Waals surface area contributed by atoms with Gasteiger partial charge < -0.3 is 14.8 Å². The Morgan fingerprint density at radius 1 is 1.22 bits per heavy atom. The average molecular weight is 337 g/mol. The van der Waals surface area contributed by atoms with Gasteiger partial charge in [0, 0.05) is 6.54 Å². The Morgan fingerprint density at radius 3 is 2.74 bits per heavy atom. The largest absolute Gasteiger partial charge is 0.493 e. The highest BCUT2D eigenvalue weighted by atomic mass is 32.1. The molecule has 0 aliphatic carbocycles. The van der Waals surface area contributed by atoms with Gasteiger partial charge in [-0.05, 0) is 49.3 Å². The number of rotatable bonds is 10. The molecule has 0 spiro atoms. The first-order valence-corrected chi connectivity index (χ1v) is 8.49. The molecule has 0 saturated heterocycles. The molecule has 0 amide bonds. The first-order chi connectivity index (χ1) is 11.2. The van der Waals surface area contributed by atoms with Crippen LogP contribution in [0.1, 0.15) is 45.1 Å². The number of nitrogens with zero attached hydrogens (tertiary/aromatic N) is 1. The van der Waals surface area contributed by atoms with Crippen LogP contribution in [0.3, 0.4) is 0 Å². The lowest BCUT2D eigenvalue weighted by molar-refractivity contribution is 0.285. The Labute approximate surface area is 144 Å². The normalized spacial score (nSPS) is 10.6. The van der Waals surface area contributed by atoms with E-state index in [0.29, 0.717) is 17.5 Å². The maximum absolute atomic E-state index is 5.79. The van der Waals surface area contributed by atoms with E-state index in [2.05, 4.69) is 22.8 Å². The number of benzene rings is 1. The molecule has 0 atom stereocenters. The van der Waals surface area contributed by atoms with Crippen molar-refractivity contribution in [2.45, 2.75) is 39.5 Å². The molecule has 5 nitrogen and oxygen atoms in total. The zero-order valence-corrected chi connectivity index (χ0v) is 15.0. The summed E-state index contributed by atoms with van der Waals surface area (Å²) in [6.45, 7) is 5.65. The standard InChI is InChI=1S/C17H27N3O2S/c1-4-6-7-8-11-22-15-10-9-14(12-16(15)21-3)13-19-20-17(23)18-5-2/h9-10,12-13H,4-8,11H2,1-3H3,(H2,18,20,23). The second-order valence-electron chi connectivity index (χ2n) is 5.05. The second kappa shape index (κ2) is 11.7. The van der Waals surface area contributed by atoms with Gasteiger partial charge in [-0.1, -0.05) is 26.2 Å².